The lowest BCUT2D eigenvalue weighted by atomic mass is 9.93. The molecular weight excluding hydrogens is 104 g/mol. The summed E-state index contributed by atoms with van der Waals surface area (Å²) in [4.78, 5) is 0. The normalized spacial score (nSPS) is 35.6. The van der Waals surface area contributed by atoms with Gasteiger partial charge in [-0.2, -0.15) is 0 Å². The van der Waals surface area contributed by atoms with Crippen LogP contribution in [0.1, 0.15) is 20.3 Å². The summed E-state index contributed by atoms with van der Waals surface area (Å²) in [6, 6.07) is 0. The molecule has 2 heteroatoms. The Morgan fingerprint density at radius 2 is 2.25 bits per heavy atom. The van der Waals surface area contributed by atoms with Crippen molar-refractivity contribution < 1.29 is 9.84 Å². The van der Waals surface area contributed by atoms with E-state index in [0.717, 1.165) is 6.42 Å². The minimum Gasteiger partial charge on any atom is -0.368 e. The minimum atomic E-state index is -0.509. The van der Waals surface area contributed by atoms with E-state index in [4.69, 9.17) is 9.84 Å². The molecule has 1 N–H and O–H groups in total. The van der Waals surface area contributed by atoms with Crippen LogP contribution in [0.25, 0.3) is 0 Å². The second-order valence-corrected chi connectivity index (χ2v) is 3.13. The molecule has 1 unspecified atom stereocenters. The highest BCUT2D eigenvalue weighted by Crippen LogP contribution is 2.29. The van der Waals surface area contributed by atoms with Crippen molar-refractivity contribution in [2.24, 2.45) is 5.41 Å². The Balaban J connectivity index is 2.44. The molecule has 1 atom stereocenters. The second kappa shape index (κ2) is 1.71. The number of hydrogen-bond acceptors (Lipinski definition) is 2. The third-order valence-electron chi connectivity index (χ3n) is 1.39. The molecule has 0 saturated carbocycles. The Morgan fingerprint density at radius 1 is 1.62 bits per heavy atom. The fourth-order valence-corrected chi connectivity index (χ4v) is 0.912. The highest BCUT2D eigenvalue weighted by Gasteiger charge is 2.30. The molecule has 2 nitrogen and oxygen atoms in total. The van der Waals surface area contributed by atoms with Gasteiger partial charge in [-0.3, -0.25) is 0 Å². The van der Waals surface area contributed by atoms with Crippen molar-refractivity contribution in [1.29, 1.82) is 0 Å². The predicted octanol–water partition coefficient (Wildman–Crippen LogP) is 0.751. The molecule has 1 aliphatic rings. The quantitative estimate of drug-likeness (QED) is 0.506. The van der Waals surface area contributed by atoms with Crippen molar-refractivity contribution in [2.45, 2.75) is 26.6 Å². The van der Waals surface area contributed by atoms with E-state index in [2.05, 4.69) is 13.8 Å². The maximum absolute atomic E-state index is 8.84. The van der Waals surface area contributed by atoms with E-state index in [0.29, 0.717) is 6.61 Å². The number of hydrogen-bond donors (Lipinski definition) is 1. The van der Waals surface area contributed by atoms with Gasteiger partial charge >= 0.3 is 0 Å². The summed E-state index contributed by atoms with van der Waals surface area (Å²) >= 11 is 0. The molecular formula is C6H12O2. The van der Waals surface area contributed by atoms with Crippen LogP contribution in [0, 0.1) is 5.41 Å². The van der Waals surface area contributed by atoms with Crippen LogP contribution in [-0.4, -0.2) is 18.0 Å². The Labute approximate surface area is 49.5 Å². The van der Waals surface area contributed by atoms with Crippen molar-refractivity contribution in [3.63, 3.8) is 0 Å². The van der Waals surface area contributed by atoms with Crippen LogP contribution < -0.4 is 0 Å². The summed E-state index contributed by atoms with van der Waals surface area (Å²) in [5, 5.41) is 8.84. The van der Waals surface area contributed by atoms with Gasteiger partial charge in [0.05, 0.1) is 6.61 Å². The van der Waals surface area contributed by atoms with Crippen LogP contribution in [0.4, 0.5) is 0 Å². The Kier molecular flexibility index (Phi) is 1.29. The smallest absolute Gasteiger partial charge is 0.155 e. The largest absolute Gasteiger partial charge is 0.368 e. The third kappa shape index (κ3) is 1.20. The molecule has 1 fully saturated rings. The molecule has 0 amide bonds. The van der Waals surface area contributed by atoms with Crippen LogP contribution in [0.3, 0.4) is 0 Å². The van der Waals surface area contributed by atoms with Gasteiger partial charge in [-0.05, 0) is 5.41 Å². The van der Waals surface area contributed by atoms with E-state index >= 15 is 0 Å². The van der Waals surface area contributed by atoms with Gasteiger partial charge in [0.2, 0.25) is 0 Å². The molecule has 1 aliphatic heterocycles. The van der Waals surface area contributed by atoms with Gasteiger partial charge < -0.3 is 9.84 Å². The van der Waals surface area contributed by atoms with Gasteiger partial charge in [0.1, 0.15) is 0 Å². The number of aliphatic hydroxyl groups excluding tert-OH is 1. The minimum absolute atomic E-state index is 0.194. The van der Waals surface area contributed by atoms with Gasteiger partial charge in [-0.15, -0.1) is 0 Å². The fourth-order valence-electron chi connectivity index (χ4n) is 0.912. The highest BCUT2D eigenvalue weighted by molar-refractivity contribution is 4.74. The molecule has 1 heterocycles. The first kappa shape index (κ1) is 6.05. The van der Waals surface area contributed by atoms with Gasteiger partial charge in [-0.25, -0.2) is 0 Å². The SMILES string of the molecule is CC1(C)COC(O)C1. The lowest BCUT2D eigenvalue weighted by Crippen LogP contribution is -2.09. The van der Waals surface area contributed by atoms with Gasteiger partial charge in [0.25, 0.3) is 0 Å². The average molecular weight is 116 g/mol. The topological polar surface area (TPSA) is 29.5 Å². The Hall–Kier alpha value is -0.0800. The van der Waals surface area contributed by atoms with Crippen molar-refractivity contribution in [3.05, 3.63) is 0 Å². The Morgan fingerprint density at radius 3 is 2.38 bits per heavy atom. The van der Waals surface area contributed by atoms with Crippen LogP contribution >= 0.6 is 0 Å². The standard InChI is InChI=1S/C6H12O2/c1-6(2)3-5(7)8-4-6/h5,7H,3-4H2,1-2H3. The summed E-state index contributed by atoms with van der Waals surface area (Å²) in [5.74, 6) is 0. The number of aliphatic hydroxyl groups is 1. The predicted molar refractivity (Wildman–Crippen MR) is 30.4 cm³/mol. The second-order valence-electron chi connectivity index (χ2n) is 3.13. The summed E-state index contributed by atoms with van der Waals surface area (Å²) in [7, 11) is 0. The van der Waals surface area contributed by atoms with Gasteiger partial charge in [-0.1, -0.05) is 13.8 Å². The molecule has 8 heavy (non-hydrogen) atoms. The van der Waals surface area contributed by atoms with E-state index in [1.54, 1.807) is 0 Å². The van der Waals surface area contributed by atoms with Gasteiger partial charge in [0, 0.05) is 6.42 Å². The molecule has 0 bridgehead atoms. The fraction of sp³-hybridized carbons (Fsp3) is 1.00. The first-order valence-electron chi connectivity index (χ1n) is 2.90. The van der Waals surface area contributed by atoms with E-state index in [9.17, 15) is 0 Å². The zero-order valence-corrected chi connectivity index (χ0v) is 5.35. The summed E-state index contributed by atoms with van der Waals surface area (Å²) in [6.07, 6.45) is 0.262. The van der Waals surface area contributed by atoms with Crippen molar-refractivity contribution >= 4 is 0 Å². The lowest BCUT2D eigenvalue weighted by molar-refractivity contribution is -0.0594. The van der Waals surface area contributed by atoms with E-state index in [1.165, 1.54) is 0 Å². The van der Waals surface area contributed by atoms with Crippen LogP contribution in [-0.2, 0) is 4.74 Å². The molecule has 1 saturated heterocycles. The van der Waals surface area contributed by atoms with E-state index in [1.807, 2.05) is 0 Å². The summed E-state index contributed by atoms with van der Waals surface area (Å²) in [5.41, 5.74) is 0.194. The molecule has 0 aromatic heterocycles. The summed E-state index contributed by atoms with van der Waals surface area (Å²) in [6.45, 7) is 4.86. The number of ether oxygens (including phenoxy) is 1. The van der Waals surface area contributed by atoms with Crippen LogP contribution in [0.15, 0.2) is 0 Å². The maximum atomic E-state index is 8.84. The molecule has 0 radical (unpaired) electrons. The van der Waals surface area contributed by atoms with Crippen molar-refractivity contribution in [2.75, 3.05) is 6.61 Å². The maximum Gasteiger partial charge on any atom is 0.155 e. The zero-order chi connectivity index (χ0) is 6.20. The highest BCUT2D eigenvalue weighted by atomic mass is 16.6. The molecule has 0 aromatic carbocycles. The summed E-state index contributed by atoms with van der Waals surface area (Å²) < 4.78 is 4.92. The average Bonchev–Trinajstić information content (AvgIpc) is 1.82. The molecule has 48 valence electrons. The van der Waals surface area contributed by atoms with Gasteiger partial charge in [0.15, 0.2) is 6.29 Å². The molecule has 0 spiro atoms. The number of rotatable bonds is 0. The third-order valence-corrected chi connectivity index (χ3v) is 1.39. The lowest BCUT2D eigenvalue weighted by Gasteiger charge is -2.11. The van der Waals surface area contributed by atoms with Crippen molar-refractivity contribution in [3.8, 4) is 0 Å². The Bertz CT molecular complexity index is 88.5. The van der Waals surface area contributed by atoms with Crippen molar-refractivity contribution in [1.82, 2.24) is 0 Å². The molecule has 0 aliphatic carbocycles. The first-order valence-corrected chi connectivity index (χ1v) is 2.90. The van der Waals surface area contributed by atoms with Crippen LogP contribution in [0.5, 0.6) is 0 Å². The van der Waals surface area contributed by atoms with Crippen LogP contribution in [0.2, 0.25) is 0 Å². The monoisotopic (exact) mass is 116 g/mol. The van der Waals surface area contributed by atoms with E-state index < -0.39 is 6.29 Å². The molecule has 0 aromatic rings. The molecule has 1 rings (SSSR count). The zero-order valence-electron chi connectivity index (χ0n) is 5.35. The first-order chi connectivity index (χ1) is 3.60. The van der Waals surface area contributed by atoms with E-state index in [-0.39, 0.29) is 5.41 Å².